The van der Waals surface area contributed by atoms with Gasteiger partial charge in [0, 0.05) is 19.2 Å². The van der Waals surface area contributed by atoms with Gasteiger partial charge in [0.05, 0.1) is 17.0 Å². The van der Waals surface area contributed by atoms with Crippen molar-refractivity contribution in [3.63, 3.8) is 0 Å². The van der Waals surface area contributed by atoms with Gasteiger partial charge in [-0.25, -0.2) is 13.2 Å². The summed E-state index contributed by atoms with van der Waals surface area (Å²) in [6.07, 6.45) is -6.71. The molecule has 3 aromatic carbocycles. The minimum Gasteiger partial charge on any atom is -0.489 e. The lowest BCUT2D eigenvalue weighted by molar-refractivity contribution is -0.286. The molecule has 1 aliphatic heterocycles. The van der Waals surface area contributed by atoms with Crippen molar-refractivity contribution < 1.29 is 46.4 Å². The van der Waals surface area contributed by atoms with Crippen LogP contribution in [0.25, 0.3) is 0 Å². The number of nitrogens with one attached hydrogen (secondary N) is 1. The van der Waals surface area contributed by atoms with E-state index in [0.717, 1.165) is 28.1 Å². The highest BCUT2D eigenvalue weighted by Crippen LogP contribution is 2.42. The number of aliphatic hydroxyl groups excluding tert-OH is 1. The Bertz CT molecular complexity index is 1470. The van der Waals surface area contributed by atoms with E-state index in [-0.39, 0.29) is 29.5 Å². The van der Waals surface area contributed by atoms with Gasteiger partial charge in [-0.1, -0.05) is 56.3 Å². The Morgan fingerprint density at radius 2 is 1.64 bits per heavy atom. The van der Waals surface area contributed by atoms with Crippen LogP contribution in [-0.4, -0.2) is 60.6 Å². The van der Waals surface area contributed by atoms with Crippen LogP contribution in [0.2, 0.25) is 0 Å². The van der Waals surface area contributed by atoms with E-state index in [1.807, 2.05) is 30.3 Å². The predicted octanol–water partition coefficient (Wildman–Crippen LogP) is 4.47. The standard InChI is InChI=1S/C29H32F2N2O8S/c1-19(2)16-33(42(37,38)23-12-13-26-27(15-23)41-29(30,31)40-26)17-25(34)24(32-28(35)36)14-20-8-10-22(11-9-20)39-18-21-6-4-3-5-7-21/h3-13,15,19,24-25,32,34H,14,16-18H2,1-2H3,(H,35,36)/t24-,25+/m0/s1. The van der Waals surface area contributed by atoms with Crippen LogP contribution in [0.4, 0.5) is 13.6 Å². The molecule has 4 rings (SSSR count). The minimum atomic E-state index is -4.32. The van der Waals surface area contributed by atoms with Crippen molar-refractivity contribution in [2.45, 2.75) is 50.2 Å². The summed E-state index contributed by atoms with van der Waals surface area (Å²) in [5.74, 6) is -0.328. The number of benzene rings is 3. The highest BCUT2D eigenvalue weighted by Gasteiger charge is 2.44. The van der Waals surface area contributed by atoms with Crippen LogP contribution in [0, 0.1) is 5.92 Å². The van der Waals surface area contributed by atoms with E-state index >= 15 is 0 Å². The van der Waals surface area contributed by atoms with Crippen LogP contribution in [0.1, 0.15) is 25.0 Å². The lowest BCUT2D eigenvalue weighted by Crippen LogP contribution is -2.50. The summed E-state index contributed by atoms with van der Waals surface area (Å²) in [6.45, 7) is 3.41. The number of hydrogen-bond donors (Lipinski definition) is 3. The zero-order valence-corrected chi connectivity index (χ0v) is 23.8. The van der Waals surface area contributed by atoms with Gasteiger partial charge < -0.3 is 29.7 Å². The highest BCUT2D eigenvalue weighted by atomic mass is 32.2. The summed E-state index contributed by atoms with van der Waals surface area (Å²) in [6, 6.07) is 18.5. The lowest BCUT2D eigenvalue weighted by atomic mass is 10.0. The van der Waals surface area contributed by atoms with Gasteiger partial charge in [0.2, 0.25) is 10.0 Å². The molecule has 0 aliphatic carbocycles. The molecule has 10 nitrogen and oxygen atoms in total. The molecule has 42 heavy (non-hydrogen) atoms. The topological polar surface area (TPSA) is 135 Å². The van der Waals surface area contributed by atoms with E-state index in [9.17, 15) is 32.2 Å². The molecule has 2 atom stereocenters. The van der Waals surface area contributed by atoms with E-state index in [1.165, 1.54) is 0 Å². The van der Waals surface area contributed by atoms with Crippen LogP contribution in [0.5, 0.6) is 17.2 Å². The average molecular weight is 607 g/mol. The summed E-state index contributed by atoms with van der Waals surface area (Å²) < 4.78 is 69.6. The molecule has 0 fully saturated rings. The fraction of sp³-hybridized carbons (Fsp3) is 0.345. The Hall–Kier alpha value is -3.94. The number of rotatable bonds is 13. The largest absolute Gasteiger partial charge is 0.586 e. The van der Waals surface area contributed by atoms with Gasteiger partial charge >= 0.3 is 12.4 Å². The van der Waals surface area contributed by atoms with Gasteiger partial charge in [-0.15, -0.1) is 8.78 Å². The number of halogens is 2. The number of amides is 1. The summed E-state index contributed by atoms with van der Waals surface area (Å²) in [4.78, 5) is 11.2. The number of hydrogen-bond acceptors (Lipinski definition) is 7. The molecule has 3 aromatic rings. The molecule has 13 heteroatoms. The molecule has 0 unspecified atom stereocenters. The van der Waals surface area contributed by atoms with E-state index in [4.69, 9.17) is 4.74 Å². The molecule has 226 valence electrons. The van der Waals surface area contributed by atoms with E-state index in [1.54, 1.807) is 38.1 Å². The smallest absolute Gasteiger partial charge is 0.489 e. The SMILES string of the molecule is CC(C)CN(C[C@@H](O)[C@H](Cc1ccc(OCc2ccccc2)cc1)NC(=O)O)S(=O)(=O)c1ccc2c(c1)OC(F)(F)O2. The number of sulfonamides is 1. The van der Waals surface area contributed by atoms with E-state index < -0.39 is 46.9 Å². The first-order valence-electron chi connectivity index (χ1n) is 13.2. The molecule has 1 amide bonds. The Balaban J connectivity index is 1.48. The molecule has 0 spiro atoms. The van der Waals surface area contributed by atoms with Crippen LogP contribution in [0.3, 0.4) is 0 Å². The van der Waals surface area contributed by atoms with Crippen LogP contribution in [0.15, 0.2) is 77.7 Å². The van der Waals surface area contributed by atoms with Gasteiger partial charge in [-0.3, -0.25) is 0 Å². The number of alkyl halides is 2. The molecule has 0 saturated heterocycles. The zero-order valence-electron chi connectivity index (χ0n) is 22.9. The molecular weight excluding hydrogens is 574 g/mol. The number of carboxylic acid groups (broad SMARTS) is 1. The average Bonchev–Trinajstić information content (AvgIpc) is 3.25. The van der Waals surface area contributed by atoms with Crippen LogP contribution in [-0.2, 0) is 23.1 Å². The molecule has 1 aliphatic rings. The number of aliphatic hydroxyl groups is 1. The van der Waals surface area contributed by atoms with Crippen molar-refractivity contribution in [2.75, 3.05) is 13.1 Å². The minimum absolute atomic E-state index is 0.0305. The second-order valence-corrected chi connectivity index (χ2v) is 12.2. The van der Waals surface area contributed by atoms with Gasteiger partial charge in [-0.2, -0.15) is 4.31 Å². The van der Waals surface area contributed by atoms with Crippen molar-refractivity contribution in [2.24, 2.45) is 5.92 Å². The van der Waals surface area contributed by atoms with Crippen molar-refractivity contribution in [3.05, 3.63) is 83.9 Å². The van der Waals surface area contributed by atoms with Crippen molar-refractivity contribution >= 4 is 16.1 Å². The number of nitrogens with zero attached hydrogens (tertiary/aromatic N) is 1. The Kier molecular flexibility index (Phi) is 9.54. The number of fused-ring (bicyclic) bond motifs is 1. The van der Waals surface area contributed by atoms with E-state index in [2.05, 4.69) is 14.8 Å². The van der Waals surface area contributed by atoms with E-state index in [0.29, 0.717) is 17.9 Å². The van der Waals surface area contributed by atoms with Crippen molar-refractivity contribution in [1.29, 1.82) is 0 Å². The van der Waals surface area contributed by atoms with Crippen LogP contribution < -0.4 is 19.5 Å². The molecule has 1 heterocycles. The van der Waals surface area contributed by atoms with Gasteiger partial charge in [0.1, 0.15) is 12.4 Å². The highest BCUT2D eigenvalue weighted by molar-refractivity contribution is 7.89. The molecular formula is C29H32F2N2O8S. The Morgan fingerprint density at radius 3 is 2.29 bits per heavy atom. The van der Waals surface area contributed by atoms with Crippen molar-refractivity contribution in [1.82, 2.24) is 9.62 Å². The van der Waals surface area contributed by atoms with Gasteiger partial charge in [0.15, 0.2) is 11.5 Å². The zero-order chi connectivity index (χ0) is 30.5. The summed E-state index contributed by atoms with van der Waals surface area (Å²) in [7, 11) is -4.32. The molecule has 3 N–H and O–H groups in total. The second kappa shape index (κ2) is 12.9. The first-order valence-corrected chi connectivity index (χ1v) is 14.6. The Labute approximate surface area is 242 Å². The predicted molar refractivity (Wildman–Crippen MR) is 148 cm³/mol. The number of ether oxygens (including phenoxy) is 3. The molecule has 0 aromatic heterocycles. The summed E-state index contributed by atoms with van der Waals surface area (Å²) in [5, 5.41) is 22.8. The van der Waals surface area contributed by atoms with Gasteiger partial charge in [0.25, 0.3) is 0 Å². The lowest BCUT2D eigenvalue weighted by Gasteiger charge is -2.30. The molecule has 0 radical (unpaired) electrons. The third-order valence-electron chi connectivity index (χ3n) is 6.37. The third-order valence-corrected chi connectivity index (χ3v) is 8.20. The fourth-order valence-electron chi connectivity index (χ4n) is 4.41. The maximum absolute atomic E-state index is 13.5. The third kappa shape index (κ3) is 8.08. The fourth-order valence-corrected chi connectivity index (χ4v) is 6.05. The van der Waals surface area contributed by atoms with Gasteiger partial charge in [-0.05, 0) is 47.7 Å². The van der Waals surface area contributed by atoms with Crippen molar-refractivity contribution in [3.8, 4) is 17.2 Å². The maximum atomic E-state index is 13.5. The Morgan fingerprint density at radius 1 is 0.976 bits per heavy atom. The maximum Gasteiger partial charge on any atom is 0.586 e. The quantitative estimate of drug-likeness (QED) is 0.260. The molecule has 0 bridgehead atoms. The first kappa shape index (κ1) is 31.0. The molecule has 0 saturated carbocycles. The normalized spacial score (nSPS) is 15.4. The summed E-state index contributed by atoms with van der Waals surface area (Å²) in [5.41, 5.74) is 1.67. The summed E-state index contributed by atoms with van der Waals surface area (Å²) >= 11 is 0. The number of carbonyl (C=O) groups is 1. The monoisotopic (exact) mass is 606 g/mol. The first-order chi connectivity index (χ1) is 19.8. The second-order valence-electron chi connectivity index (χ2n) is 10.2. The van der Waals surface area contributed by atoms with Crippen LogP contribution >= 0.6 is 0 Å².